The molecule has 0 radical (unpaired) electrons. The van der Waals surface area contributed by atoms with Crippen molar-refractivity contribution in [1.82, 2.24) is 29.3 Å². The number of nitrogens with one attached hydrogen (secondary N) is 3. The molecule has 4 aromatic rings. The summed E-state index contributed by atoms with van der Waals surface area (Å²) in [6.07, 6.45) is 6.55. The predicted molar refractivity (Wildman–Crippen MR) is 140 cm³/mol. The predicted octanol–water partition coefficient (Wildman–Crippen LogP) is 0.371. The maximum atomic E-state index is 10.3. The van der Waals surface area contributed by atoms with Gasteiger partial charge in [-0.1, -0.05) is 19.9 Å². The number of fused-ring (bicyclic) bond motifs is 2. The number of nitrogens with zero attached hydrogens (tertiary/aromatic N) is 5. The van der Waals surface area contributed by atoms with Gasteiger partial charge in [-0.3, -0.25) is 0 Å². The lowest BCUT2D eigenvalue weighted by Crippen LogP contribution is -2.43. The van der Waals surface area contributed by atoms with E-state index in [1.165, 1.54) is 0 Å². The van der Waals surface area contributed by atoms with E-state index in [1.54, 1.807) is 0 Å². The molecular weight excluding hydrogens is 426 g/mol. The number of pyridine rings is 1. The van der Waals surface area contributed by atoms with Gasteiger partial charge < -0.3 is 25.5 Å². The third-order valence-electron chi connectivity index (χ3n) is 6.70. The molecule has 1 fully saturated rings. The number of aromatic nitrogens is 5. The summed E-state index contributed by atoms with van der Waals surface area (Å²) in [5.74, 6) is 2.10. The summed E-state index contributed by atoms with van der Waals surface area (Å²) in [6.45, 7) is 6.54. The van der Waals surface area contributed by atoms with Crippen LogP contribution in [-0.2, 0) is 5.34 Å². The first kappa shape index (κ1) is 22.7. The van der Waals surface area contributed by atoms with Crippen molar-refractivity contribution in [3.05, 3.63) is 54.1 Å². The minimum atomic E-state index is -0.452. The maximum absolute atomic E-state index is 10.3. The van der Waals surface area contributed by atoms with Crippen LogP contribution in [-0.4, -0.2) is 70.5 Å². The molecule has 0 bridgehead atoms. The number of β-amino-alcohol motifs (C(OH)–C–C–N with tert-alkyl or cyclic N) is 1. The van der Waals surface area contributed by atoms with Gasteiger partial charge in [0.25, 0.3) is 0 Å². The minimum Gasteiger partial charge on any atom is -0.391 e. The third-order valence-corrected chi connectivity index (χ3v) is 6.70. The summed E-state index contributed by atoms with van der Waals surface area (Å²) in [5, 5.41) is 24.9. The van der Waals surface area contributed by atoms with E-state index in [-0.39, 0.29) is 12.0 Å². The fraction of sp³-hybridized carbons (Fsp3) is 0.435. The van der Waals surface area contributed by atoms with Crippen LogP contribution in [0.3, 0.4) is 0 Å². The van der Waals surface area contributed by atoms with Gasteiger partial charge in [0, 0.05) is 48.4 Å². The summed E-state index contributed by atoms with van der Waals surface area (Å²) in [7, 11) is 4.23. The van der Waals surface area contributed by atoms with Gasteiger partial charge in [-0.15, -0.1) is 0 Å². The number of hydrogen-bond donors (Lipinski definition) is 4. The number of rotatable bonds is 7. The van der Waals surface area contributed by atoms with Crippen molar-refractivity contribution < 1.29 is 5.11 Å². The molecule has 4 N–H and O–H groups in total. The molecule has 34 heavy (non-hydrogen) atoms. The van der Waals surface area contributed by atoms with Gasteiger partial charge in [-0.25, -0.2) is 9.97 Å². The Labute approximate surface area is 201 Å². The second kappa shape index (κ2) is 8.96. The van der Waals surface area contributed by atoms with Crippen LogP contribution >= 0.6 is 0 Å². The number of piperidine rings is 1. The van der Waals surface area contributed by atoms with Gasteiger partial charge in [0.15, 0.2) is 5.65 Å². The highest BCUT2D eigenvalue weighted by atomic mass is 16.3. The Morgan fingerprint density at radius 2 is 2.15 bits per heavy atom. The Balaban J connectivity index is 1.48. The van der Waals surface area contributed by atoms with Gasteiger partial charge in [-0.05, 0) is 31.0 Å². The summed E-state index contributed by atoms with van der Waals surface area (Å²) in [4.78, 5) is 9.72. The molecule has 0 saturated carbocycles. The van der Waals surface area contributed by atoms with Crippen molar-refractivity contribution in [3.63, 3.8) is 0 Å². The molecule has 2 atom stereocenters. The molecule has 1 aliphatic rings. The molecule has 5 rings (SSSR count). The van der Waals surface area contributed by atoms with E-state index >= 15 is 0 Å². The zero-order valence-corrected chi connectivity index (χ0v) is 20.3. The first-order valence-electron chi connectivity index (χ1n) is 12.1. The molecule has 0 unspecified atom stereocenters. The topological polar surface area (TPSA) is 104 Å². The van der Waals surface area contributed by atoms with E-state index < -0.39 is 5.34 Å². The molecule has 176 valence electrons. The fourth-order valence-corrected chi connectivity index (χ4v) is 4.56. The number of hydrogen-bond acceptors (Lipinski definition) is 7. The number of aliphatic hydroxyl groups is 1. The van der Waals surface area contributed by atoms with Crippen LogP contribution < -0.4 is 16.0 Å². The molecule has 1 saturated heterocycles. The van der Waals surface area contributed by atoms with Crippen LogP contribution in [0, 0.1) is 5.92 Å². The smallest absolute Gasteiger partial charge is 0.163 e. The fourth-order valence-electron chi connectivity index (χ4n) is 4.56. The Bertz CT molecular complexity index is 1270. The van der Waals surface area contributed by atoms with Gasteiger partial charge in [-0.2, -0.15) is 9.61 Å². The van der Waals surface area contributed by atoms with Gasteiger partial charge >= 0.3 is 0 Å². The quantitative estimate of drug-likeness (QED) is 0.297. The van der Waals surface area contributed by atoms with Gasteiger partial charge in [0.1, 0.15) is 33.0 Å². The van der Waals surface area contributed by atoms with E-state index in [1.807, 2.05) is 45.6 Å². The zero-order valence-electron chi connectivity index (χ0n) is 20.3. The van der Waals surface area contributed by atoms with E-state index in [9.17, 15) is 5.11 Å². The SMILES string of the molecule is BC(B)(Nc1cc(NC[C@H]2CCNC[C@@H]2O)nc2c(C(C)C)cnn12)c1cn2ccccc2n1. The van der Waals surface area contributed by atoms with Crippen molar-refractivity contribution >= 4 is 38.6 Å². The average molecular weight is 458 g/mol. The number of imidazole rings is 1. The first-order valence-corrected chi connectivity index (χ1v) is 12.1. The normalized spacial score (nSPS) is 19.2. The van der Waals surface area contributed by atoms with Crippen LogP contribution in [0.25, 0.3) is 11.3 Å². The van der Waals surface area contributed by atoms with Gasteiger partial charge in [0.05, 0.1) is 18.0 Å². The summed E-state index contributed by atoms with van der Waals surface area (Å²) in [5.41, 5.74) is 3.78. The molecule has 0 aliphatic carbocycles. The second-order valence-electron chi connectivity index (χ2n) is 10.1. The van der Waals surface area contributed by atoms with Gasteiger partial charge in [0.2, 0.25) is 0 Å². The number of anilines is 2. The van der Waals surface area contributed by atoms with Crippen molar-refractivity contribution in [1.29, 1.82) is 0 Å². The molecule has 9 nitrogen and oxygen atoms in total. The largest absolute Gasteiger partial charge is 0.391 e. The molecule has 0 aromatic carbocycles. The standard InChI is InChI=1S/C23H32B2N8O/c1-14(2)16-11-28-33-21(31-23(24,25)18-13-32-8-4-3-5-20(32)29-18)9-19(30-22(16)33)27-10-15-6-7-26-12-17(15)34/h3-5,8-9,11,13-15,17,26,31,34H,6-7,10,12,24-25H2,1-2H3,(H,27,30)/t15-,17+/m1/s1. The Hall–Kier alpha value is -3.04. The van der Waals surface area contributed by atoms with E-state index in [2.05, 4.69) is 56.8 Å². The summed E-state index contributed by atoms with van der Waals surface area (Å²) in [6, 6.07) is 7.99. The zero-order chi connectivity index (χ0) is 23.9. The van der Waals surface area contributed by atoms with Crippen LogP contribution in [0.4, 0.5) is 11.6 Å². The average Bonchev–Trinajstić information content (AvgIpc) is 3.43. The highest BCUT2D eigenvalue weighted by Gasteiger charge is 2.27. The maximum Gasteiger partial charge on any atom is 0.163 e. The monoisotopic (exact) mass is 458 g/mol. The number of aliphatic hydroxyl groups excluding tert-OH is 1. The Morgan fingerprint density at radius 3 is 2.91 bits per heavy atom. The highest BCUT2D eigenvalue weighted by molar-refractivity contribution is 6.41. The van der Waals surface area contributed by atoms with E-state index in [4.69, 9.17) is 9.97 Å². The minimum absolute atomic E-state index is 0.194. The molecule has 1 aliphatic heterocycles. The van der Waals surface area contributed by atoms with Crippen molar-refractivity contribution in [2.45, 2.75) is 37.6 Å². The molecular formula is C23H32B2N8O. The van der Waals surface area contributed by atoms with Crippen LogP contribution in [0.5, 0.6) is 0 Å². The lowest BCUT2D eigenvalue weighted by atomic mass is 9.60. The highest BCUT2D eigenvalue weighted by Crippen LogP contribution is 2.27. The Morgan fingerprint density at radius 1 is 1.29 bits per heavy atom. The lowest BCUT2D eigenvalue weighted by Gasteiger charge is -2.29. The summed E-state index contributed by atoms with van der Waals surface area (Å²) < 4.78 is 3.90. The lowest BCUT2D eigenvalue weighted by molar-refractivity contribution is 0.0883. The molecule has 0 spiro atoms. The van der Waals surface area contributed by atoms with Crippen molar-refractivity contribution in [2.24, 2.45) is 5.92 Å². The second-order valence-corrected chi connectivity index (χ2v) is 10.1. The molecule has 4 aromatic heterocycles. The third kappa shape index (κ3) is 4.37. The Kier molecular flexibility index (Phi) is 5.99. The first-order chi connectivity index (χ1) is 16.3. The van der Waals surface area contributed by atoms with Crippen molar-refractivity contribution in [2.75, 3.05) is 30.3 Å². The van der Waals surface area contributed by atoms with Crippen LogP contribution in [0.2, 0.25) is 0 Å². The van der Waals surface area contributed by atoms with Crippen LogP contribution in [0.15, 0.2) is 42.9 Å². The molecule has 11 heteroatoms. The van der Waals surface area contributed by atoms with E-state index in [0.29, 0.717) is 19.0 Å². The van der Waals surface area contributed by atoms with Crippen molar-refractivity contribution in [3.8, 4) is 0 Å². The van der Waals surface area contributed by atoms with Crippen LogP contribution in [0.1, 0.15) is 37.4 Å². The molecule has 0 amide bonds. The molecule has 5 heterocycles. The van der Waals surface area contributed by atoms with E-state index in [0.717, 1.165) is 47.2 Å². The summed E-state index contributed by atoms with van der Waals surface area (Å²) >= 11 is 0.